The summed E-state index contributed by atoms with van der Waals surface area (Å²) in [5.41, 5.74) is 1.95. The fourth-order valence-corrected chi connectivity index (χ4v) is 1.40. The van der Waals surface area contributed by atoms with Gasteiger partial charge >= 0.3 is 5.97 Å². The van der Waals surface area contributed by atoms with Crippen LogP contribution in [0.2, 0.25) is 0 Å². The fraction of sp³-hybridized carbons (Fsp3) is 0.250. The molecule has 0 aliphatic heterocycles. The maximum Gasteiger partial charge on any atom is 0.317 e. The molecule has 86 valence electrons. The van der Waals surface area contributed by atoms with Crippen LogP contribution in [0.4, 0.5) is 0 Å². The van der Waals surface area contributed by atoms with Gasteiger partial charge in [0.15, 0.2) is 0 Å². The first-order chi connectivity index (χ1) is 7.58. The van der Waals surface area contributed by atoms with Gasteiger partial charge < -0.3 is 15.5 Å². The SMILES string of the molecule is C=C(O)Cc1cccc(CNCC(=O)O)c1. The van der Waals surface area contributed by atoms with E-state index < -0.39 is 5.97 Å². The van der Waals surface area contributed by atoms with Gasteiger partial charge in [0.05, 0.1) is 12.3 Å². The van der Waals surface area contributed by atoms with Crippen LogP contribution >= 0.6 is 0 Å². The summed E-state index contributed by atoms with van der Waals surface area (Å²) < 4.78 is 0. The average molecular weight is 221 g/mol. The van der Waals surface area contributed by atoms with Crippen LogP contribution in [0.1, 0.15) is 11.1 Å². The number of carboxylic acids is 1. The normalized spacial score (nSPS) is 10.0. The Morgan fingerprint density at radius 2 is 2.00 bits per heavy atom. The zero-order chi connectivity index (χ0) is 12.0. The Balaban J connectivity index is 2.53. The molecule has 0 unspecified atom stereocenters. The highest BCUT2D eigenvalue weighted by Crippen LogP contribution is 2.08. The maximum absolute atomic E-state index is 10.3. The quantitative estimate of drug-likeness (QED) is 0.636. The highest BCUT2D eigenvalue weighted by Gasteiger charge is 1.99. The van der Waals surface area contributed by atoms with Crippen molar-refractivity contribution in [1.29, 1.82) is 0 Å². The molecule has 0 aromatic heterocycles. The van der Waals surface area contributed by atoms with Crippen LogP contribution in [0, 0.1) is 0 Å². The highest BCUT2D eigenvalue weighted by molar-refractivity contribution is 5.68. The first-order valence-corrected chi connectivity index (χ1v) is 4.95. The summed E-state index contributed by atoms with van der Waals surface area (Å²) in [4.78, 5) is 10.3. The third kappa shape index (κ3) is 4.61. The van der Waals surface area contributed by atoms with Crippen molar-refractivity contribution >= 4 is 5.97 Å². The van der Waals surface area contributed by atoms with Gasteiger partial charge in [0.25, 0.3) is 0 Å². The first-order valence-electron chi connectivity index (χ1n) is 4.95. The van der Waals surface area contributed by atoms with Crippen LogP contribution < -0.4 is 5.32 Å². The van der Waals surface area contributed by atoms with Crippen LogP contribution in [0.15, 0.2) is 36.6 Å². The summed E-state index contributed by atoms with van der Waals surface area (Å²) in [6, 6.07) is 7.58. The summed E-state index contributed by atoms with van der Waals surface area (Å²) in [7, 11) is 0. The second-order valence-corrected chi connectivity index (χ2v) is 3.56. The van der Waals surface area contributed by atoms with E-state index in [0.29, 0.717) is 13.0 Å². The number of hydrogen-bond donors (Lipinski definition) is 3. The second kappa shape index (κ2) is 5.92. The Hall–Kier alpha value is -1.81. The van der Waals surface area contributed by atoms with Crippen LogP contribution in [-0.2, 0) is 17.8 Å². The number of hydrogen-bond acceptors (Lipinski definition) is 3. The van der Waals surface area contributed by atoms with E-state index in [1.165, 1.54) is 0 Å². The molecule has 3 N–H and O–H groups in total. The topological polar surface area (TPSA) is 69.6 Å². The third-order valence-corrected chi connectivity index (χ3v) is 2.00. The second-order valence-electron chi connectivity index (χ2n) is 3.56. The van der Waals surface area contributed by atoms with Crippen molar-refractivity contribution in [3.05, 3.63) is 47.7 Å². The Labute approximate surface area is 94.2 Å². The summed E-state index contributed by atoms with van der Waals surface area (Å²) >= 11 is 0. The molecule has 0 amide bonds. The fourth-order valence-electron chi connectivity index (χ4n) is 1.40. The monoisotopic (exact) mass is 221 g/mol. The van der Waals surface area contributed by atoms with E-state index in [1.54, 1.807) is 0 Å². The van der Waals surface area contributed by atoms with Crippen molar-refractivity contribution in [2.24, 2.45) is 0 Å². The van der Waals surface area contributed by atoms with E-state index in [1.807, 2.05) is 24.3 Å². The minimum atomic E-state index is -0.875. The van der Waals surface area contributed by atoms with Gasteiger partial charge in [0.1, 0.15) is 0 Å². The zero-order valence-corrected chi connectivity index (χ0v) is 8.94. The Bertz CT molecular complexity index is 388. The van der Waals surface area contributed by atoms with Crippen LogP contribution in [0.5, 0.6) is 0 Å². The summed E-state index contributed by atoms with van der Waals surface area (Å²) in [6.45, 7) is 3.87. The Kier molecular flexibility index (Phi) is 4.54. The van der Waals surface area contributed by atoms with E-state index in [0.717, 1.165) is 11.1 Å². The molecule has 16 heavy (non-hydrogen) atoms. The number of aliphatic carboxylic acids is 1. The van der Waals surface area contributed by atoms with Crippen molar-refractivity contribution in [2.45, 2.75) is 13.0 Å². The molecule has 0 atom stereocenters. The Morgan fingerprint density at radius 1 is 1.31 bits per heavy atom. The molecule has 0 spiro atoms. The summed E-state index contributed by atoms with van der Waals surface area (Å²) in [6.07, 6.45) is 0.423. The average Bonchev–Trinajstić information content (AvgIpc) is 2.16. The van der Waals surface area contributed by atoms with E-state index in [4.69, 9.17) is 10.2 Å². The number of benzene rings is 1. The molecular weight excluding hydrogens is 206 g/mol. The van der Waals surface area contributed by atoms with E-state index in [9.17, 15) is 4.79 Å². The smallest absolute Gasteiger partial charge is 0.317 e. The van der Waals surface area contributed by atoms with Gasteiger partial charge in [-0.15, -0.1) is 0 Å². The van der Waals surface area contributed by atoms with E-state index in [2.05, 4.69) is 11.9 Å². The molecule has 0 saturated carbocycles. The van der Waals surface area contributed by atoms with Crippen LogP contribution in [-0.4, -0.2) is 22.7 Å². The largest absolute Gasteiger partial charge is 0.513 e. The van der Waals surface area contributed by atoms with Crippen molar-refractivity contribution in [1.82, 2.24) is 5.32 Å². The zero-order valence-electron chi connectivity index (χ0n) is 8.94. The molecule has 1 aromatic carbocycles. The molecule has 0 heterocycles. The number of carbonyl (C=O) groups is 1. The lowest BCUT2D eigenvalue weighted by Gasteiger charge is -2.05. The molecule has 0 saturated heterocycles. The minimum absolute atomic E-state index is 0.0586. The van der Waals surface area contributed by atoms with Gasteiger partial charge in [-0.1, -0.05) is 30.8 Å². The lowest BCUT2D eigenvalue weighted by atomic mass is 10.1. The predicted molar refractivity (Wildman–Crippen MR) is 61.3 cm³/mol. The summed E-state index contributed by atoms with van der Waals surface area (Å²) in [5.74, 6) is -0.754. The summed E-state index contributed by atoms with van der Waals surface area (Å²) in [5, 5.41) is 20.3. The van der Waals surface area contributed by atoms with Gasteiger partial charge in [-0.2, -0.15) is 0 Å². The minimum Gasteiger partial charge on any atom is -0.513 e. The van der Waals surface area contributed by atoms with Gasteiger partial charge in [-0.25, -0.2) is 0 Å². The van der Waals surface area contributed by atoms with Gasteiger partial charge in [-0.05, 0) is 11.1 Å². The standard InChI is InChI=1S/C12H15NO3/c1-9(14)5-10-3-2-4-11(6-10)7-13-8-12(15)16/h2-4,6,13-14H,1,5,7-8H2,(H,15,16). The van der Waals surface area contributed by atoms with Crippen molar-refractivity contribution < 1.29 is 15.0 Å². The van der Waals surface area contributed by atoms with Crippen molar-refractivity contribution in [3.8, 4) is 0 Å². The van der Waals surface area contributed by atoms with Gasteiger partial charge in [0.2, 0.25) is 0 Å². The van der Waals surface area contributed by atoms with Crippen LogP contribution in [0.25, 0.3) is 0 Å². The molecule has 0 radical (unpaired) electrons. The number of aliphatic hydroxyl groups is 1. The number of carboxylic acid groups (broad SMARTS) is 1. The van der Waals surface area contributed by atoms with Gasteiger partial charge in [0, 0.05) is 13.0 Å². The number of aliphatic hydroxyl groups excluding tert-OH is 1. The van der Waals surface area contributed by atoms with Crippen molar-refractivity contribution in [3.63, 3.8) is 0 Å². The number of nitrogens with one attached hydrogen (secondary N) is 1. The Morgan fingerprint density at radius 3 is 2.62 bits per heavy atom. The number of rotatable bonds is 6. The molecule has 4 heteroatoms. The molecule has 0 fully saturated rings. The molecule has 0 aliphatic rings. The van der Waals surface area contributed by atoms with E-state index in [-0.39, 0.29) is 12.3 Å². The molecule has 1 aromatic rings. The predicted octanol–water partition coefficient (Wildman–Crippen LogP) is 1.48. The molecular formula is C12H15NO3. The molecule has 0 bridgehead atoms. The van der Waals surface area contributed by atoms with Crippen LogP contribution in [0.3, 0.4) is 0 Å². The molecule has 4 nitrogen and oxygen atoms in total. The molecule has 0 aliphatic carbocycles. The molecule has 1 rings (SSSR count). The van der Waals surface area contributed by atoms with Crippen molar-refractivity contribution in [2.75, 3.05) is 6.54 Å². The highest BCUT2D eigenvalue weighted by atomic mass is 16.4. The van der Waals surface area contributed by atoms with E-state index >= 15 is 0 Å². The first kappa shape index (κ1) is 12.3. The lowest BCUT2D eigenvalue weighted by molar-refractivity contribution is -0.135. The lowest BCUT2D eigenvalue weighted by Crippen LogP contribution is -2.21. The maximum atomic E-state index is 10.3. The third-order valence-electron chi connectivity index (χ3n) is 2.00. The number of allylic oxidation sites excluding steroid dienone is 1. The van der Waals surface area contributed by atoms with Gasteiger partial charge in [-0.3, -0.25) is 4.79 Å².